The van der Waals surface area contributed by atoms with Crippen LogP contribution in [-0.4, -0.2) is 49.5 Å². The molecule has 208 valence electrons. The minimum atomic E-state index is -1.05. The summed E-state index contributed by atoms with van der Waals surface area (Å²) in [5, 5.41) is 0. The number of benzene rings is 3. The Balaban J connectivity index is 0.00000353. The lowest BCUT2D eigenvalue weighted by atomic mass is 9.83. The van der Waals surface area contributed by atoms with E-state index in [-0.39, 0.29) is 47.1 Å². The number of nitrogens with zero attached hydrogens (tertiary/aromatic N) is 2. The number of hydrogen-bond donors (Lipinski definition) is 0. The summed E-state index contributed by atoms with van der Waals surface area (Å²) in [7, 11) is 0. The summed E-state index contributed by atoms with van der Waals surface area (Å²) >= 11 is 0. The molecule has 0 aromatic heterocycles. The van der Waals surface area contributed by atoms with Gasteiger partial charge < -0.3 is 30.9 Å². The van der Waals surface area contributed by atoms with E-state index in [1.165, 1.54) is 36.4 Å². The van der Waals surface area contributed by atoms with Crippen LogP contribution in [0.25, 0.3) is 0 Å². The molecule has 2 bridgehead atoms. The molecule has 3 aromatic carbocycles. The number of amides is 1. The third-order valence-corrected chi connectivity index (χ3v) is 7.63. The van der Waals surface area contributed by atoms with Crippen molar-refractivity contribution in [3.63, 3.8) is 0 Å². The second kappa shape index (κ2) is 12.4. The van der Waals surface area contributed by atoms with E-state index in [1.807, 2.05) is 0 Å². The number of anilines is 1. The molecule has 0 radical (unpaired) electrons. The molecule has 0 N–H and O–H groups in total. The summed E-state index contributed by atoms with van der Waals surface area (Å²) in [5.41, 5.74) is 0.305. The van der Waals surface area contributed by atoms with Crippen LogP contribution in [0.5, 0.6) is 5.75 Å². The molecule has 10 heteroatoms. The van der Waals surface area contributed by atoms with Gasteiger partial charge in [-0.25, -0.2) is 22.4 Å². The van der Waals surface area contributed by atoms with Gasteiger partial charge in [0.25, 0.3) is 0 Å². The Morgan fingerprint density at radius 2 is 1.62 bits per heavy atom. The van der Waals surface area contributed by atoms with Gasteiger partial charge >= 0.3 is 6.09 Å². The normalized spacial score (nSPS) is 21.6. The molecule has 1 atom stereocenters. The maximum atomic E-state index is 14.7. The van der Waals surface area contributed by atoms with Crippen molar-refractivity contribution < 1.29 is 53.3 Å². The molecule has 5 nitrogen and oxygen atoms in total. The molecule has 0 unspecified atom stereocenters. The van der Waals surface area contributed by atoms with Gasteiger partial charge in [-0.1, -0.05) is 18.2 Å². The summed E-state index contributed by atoms with van der Waals surface area (Å²) in [4.78, 5) is 14.6. The SMILES string of the molecule is O=C(O[C@H]1C[N+]2(CCOc3ccc(F)cc3)CCC1CC2)N(Cc1ccc(F)c(F)c1)c1ccccc1F.[Br-]. The number of halogens is 5. The predicted molar refractivity (Wildman–Crippen MR) is 134 cm³/mol. The van der Waals surface area contributed by atoms with Crippen LogP contribution >= 0.6 is 0 Å². The Morgan fingerprint density at radius 3 is 2.31 bits per heavy atom. The first-order valence-electron chi connectivity index (χ1n) is 12.7. The number of para-hydroxylation sites is 1. The van der Waals surface area contributed by atoms with E-state index in [4.69, 9.17) is 9.47 Å². The molecule has 3 aliphatic rings. The van der Waals surface area contributed by atoms with Gasteiger partial charge in [0, 0.05) is 18.8 Å². The lowest BCUT2D eigenvalue weighted by Crippen LogP contribution is -3.00. The Bertz CT molecular complexity index is 1290. The fourth-order valence-electron chi connectivity index (χ4n) is 5.49. The maximum Gasteiger partial charge on any atom is 0.415 e. The third kappa shape index (κ3) is 6.73. The van der Waals surface area contributed by atoms with Gasteiger partial charge in [0.1, 0.15) is 37.1 Å². The molecule has 0 saturated carbocycles. The summed E-state index contributed by atoms with van der Waals surface area (Å²) in [6.45, 7) is 3.46. The highest BCUT2D eigenvalue weighted by atomic mass is 79.9. The number of carbonyl (C=O) groups is 1. The topological polar surface area (TPSA) is 38.8 Å². The van der Waals surface area contributed by atoms with Crippen molar-refractivity contribution in [3.8, 4) is 5.75 Å². The Labute approximate surface area is 235 Å². The molecule has 3 heterocycles. The Kier molecular flexibility index (Phi) is 9.17. The quantitative estimate of drug-likeness (QED) is 0.291. The zero-order valence-electron chi connectivity index (χ0n) is 21.2. The smallest absolute Gasteiger partial charge is 0.415 e. The van der Waals surface area contributed by atoms with E-state index < -0.39 is 23.5 Å². The van der Waals surface area contributed by atoms with Gasteiger partial charge in [0.2, 0.25) is 0 Å². The van der Waals surface area contributed by atoms with Gasteiger partial charge in [0.15, 0.2) is 17.7 Å². The zero-order chi connectivity index (χ0) is 26.7. The predicted octanol–water partition coefficient (Wildman–Crippen LogP) is 3.08. The Hall–Kier alpha value is -3.11. The standard InChI is InChI=1S/C29H29F4N2O3.BrH/c30-22-6-8-23(9-7-22)37-16-15-35-13-11-21(12-14-35)28(19-35)38-29(36)34(27-4-2-1-3-25(27)32)18-20-5-10-24(31)26(33)17-20;/h1-10,17,21,28H,11-16,18-19H2;1H/q+1;/p-1/t21?,28-,35?;/m0./s1. The molecular formula is C29H29BrF4N2O3. The highest BCUT2D eigenvalue weighted by Crippen LogP contribution is 2.36. The summed E-state index contributed by atoms with van der Waals surface area (Å²) < 4.78 is 67.7. The van der Waals surface area contributed by atoms with E-state index >= 15 is 0 Å². The summed E-state index contributed by atoms with van der Waals surface area (Å²) in [6, 6.07) is 15.0. The minimum absolute atomic E-state index is 0. The number of carbonyl (C=O) groups excluding carboxylic acids is 1. The number of rotatable bonds is 8. The van der Waals surface area contributed by atoms with Gasteiger partial charge in [-0.15, -0.1) is 0 Å². The van der Waals surface area contributed by atoms with Gasteiger partial charge in [-0.3, -0.25) is 4.90 Å². The molecule has 3 fully saturated rings. The van der Waals surface area contributed by atoms with Crippen molar-refractivity contribution in [1.82, 2.24) is 0 Å². The van der Waals surface area contributed by atoms with Crippen LogP contribution in [0.15, 0.2) is 66.7 Å². The molecule has 39 heavy (non-hydrogen) atoms. The van der Waals surface area contributed by atoms with Gasteiger partial charge in [-0.2, -0.15) is 0 Å². The van der Waals surface area contributed by atoms with Crippen LogP contribution in [0, 0.1) is 29.2 Å². The first kappa shape index (κ1) is 28.9. The number of fused-ring (bicyclic) bond motifs is 3. The summed E-state index contributed by atoms with van der Waals surface area (Å²) in [5.74, 6) is -2.20. The average Bonchev–Trinajstić information content (AvgIpc) is 2.91. The molecule has 3 aromatic rings. The number of quaternary nitrogens is 1. The van der Waals surface area contributed by atoms with Crippen LogP contribution in [0.1, 0.15) is 18.4 Å². The Morgan fingerprint density at radius 1 is 0.897 bits per heavy atom. The van der Waals surface area contributed by atoms with Crippen LogP contribution in [-0.2, 0) is 11.3 Å². The van der Waals surface area contributed by atoms with Crippen molar-refractivity contribution in [2.45, 2.75) is 25.5 Å². The highest BCUT2D eigenvalue weighted by Gasteiger charge is 2.48. The molecule has 1 amide bonds. The third-order valence-electron chi connectivity index (χ3n) is 7.63. The van der Waals surface area contributed by atoms with Crippen LogP contribution in [0.3, 0.4) is 0 Å². The highest BCUT2D eigenvalue weighted by molar-refractivity contribution is 5.87. The monoisotopic (exact) mass is 608 g/mol. The molecule has 0 spiro atoms. The molecule has 6 rings (SSSR count). The lowest BCUT2D eigenvalue weighted by molar-refractivity contribution is -0.946. The van der Waals surface area contributed by atoms with E-state index in [1.54, 1.807) is 18.2 Å². The molecule has 3 saturated heterocycles. The average molecular weight is 609 g/mol. The van der Waals surface area contributed by atoms with E-state index in [2.05, 4.69) is 0 Å². The minimum Gasteiger partial charge on any atom is -1.00 e. The zero-order valence-corrected chi connectivity index (χ0v) is 22.8. The second-order valence-electron chi connectivity index (χ2n) is 10.0. The fourth-order valence-corrected chi connectivity index (χ4v) is 5.49. The van der Waals surface area contributed by atoms with E-state index in [0.29, 0.717) is 31.0 Å². The number of piperidine rings is 3. The van der Waals surface area contributed by atoms with Crippen molar-refractivity contribution in [1.29, 1.82) is 0 Å². The van der Waals surface area contributed by atoms with Crippen molar-refractivity contribution in [2.75, 3.05) is 37.7 Å². The lowest BCUT2D eigenvalue weighted by Gasteiger charge is -2.52. The van der Waals surface area contributed by atoms with Crippen molar-refractivity contribution in [2.24, 2.45) is 5.92 Å². The second-order valence-corrected chi connectivity index (χ2v) is 10.0. The van der Waals surface area contributed by atoms with Crippen molar-refractivity contribution in [3.05, 3.63) is 95.6 Å². The molecule has 3 aliphatic heterocycles. The van der Waals surface area contributed by atoms with Gasteiger partial charge in [-0.05, 0) is 54.1 Å². The fraction of sp³-hybridized carbons (Fsp3) is 0.345. The van der Waals surface area contributed by atoms with E-state index in [0.717, 1.165) is 47.4 Å². The number of hydrogen-bond acceptors (Lipinski definition) is 3. The van der Waals surface area contributed by atoms with E-state index in [9.17, 15) is 22.4 Å². The first-order chi connectivity index (χ1) is 18.3. The van der Waals surface area contributed by atoms with Crippen LogP contribution in [0.2, 0.25) is 0 Å². The van der Waals surface area contributed by atoms with Crippen LogP contribution in [0.4, 0.5) is 28.0 Å². The first-order valence-corrected chi connectivity index (χ1v) is 12.7. The molecule has 0 aliphatic carbocycles. The maximum absolute atomic E-state index is 14.7. The molecular weight excluding hydrogens is 580 g/mol. The van der Waals surface area contributed by atoms with Crippen LogP contribution < -0.4 is 26.6 Å². The van der Waals surface area contributed by atoms with Gasteiger partial charge in [0.05, 0.1) is 25.3 Å². The summed E-state index contributed by atoms with van der Waals surface area (Å²) in [6.07, 6.45) is 0.670. The number of ether oxygens (including phenoxy) is 2. The largest absolute Gasteiger partial charge is 1.00 e. The van der Waals surface area contributed by atoms with Crippen molar-refractivity contribution >= 4 is 11.8 Å².